The van der Waals surface area contributed by atoms with E-state index in [9.17, 15) is 0 Å². The summed E-state index contributed by atoms with van der Waals surface area (Å²) in [5, 5.41) is 8.89. The summed E-state index contributed by atoms with van der Waals surface area (Å²) in [5.74, 6) is 0.936. The predicted molar refractivity (Wildman–Crippen MR) is 62.7 cm³/mol. The number of ether oxygens (including phenoxy) is 1. The molecule has 4 heteroatoms. The molecule has 0 spiro atoms. The summed E-state index contributed by atoms with van der Waals surface area (Å²) in [6.45, 7) is 3.97. The number of aromatic nitrogens is 2. The van der Waals surface area contributed by atoms with Crippen LogP contribution < -0.4 is 4.74 Å². The number of rotatable bonds is 2. The fourth-order valence-electron chi connectivity index (χ4n) is 1.42. The highest BCUT2D eigenvalue weighted by atomic mass is 16.5. The van der Waals surface area contributed by atoms with Crippen molar-refractivity contribution in [2.45, 2.75) is 13.8 Å². The number of aryl methyl sites for hydroxylation is 1. The van der Waals surface area contributed by atoms with Gasteiger partial charge in [0.05, 0.1) is 0 Å². The maximum atomic E-state index is 8.89. The smallest absolute Gasteiger partial charge is 0.256 e. The lowest BCUT2D eigenvalue weighted by Gasteiger charge is -2.09. The fourth-order valence-corrected chi connectivity index (χ4v) is 1.42. The van der Waals surface area contributed by atoms with Crippen LogP contribution in [0.1, 0.15) is 16.8 Å². The van der Waals surface area contributed by atoms with Gasteiger partial charge in [-0.25, -0.2) is 9.97 Å². The maximum absolute atomic E-state index is 8.89. The van der Waals surface area contributed by atoms with Gasteiger partial charge in [-0.3, -0.25) is 0 Å². The Hall–Kier alpha value is -2.41. The molecule has 0 aliphatic carbocycles. The van der Waals surface area contributed by atoms with E-state index in [2.05, 4.69) is 9.97 Å². The summed E-state index contributed by atoms with van der Waals surface area (Å²) < 4.78 is 5.62. The first-order valence-electron chi connectivity index (χ1n) is 5.17. The van der Waals surface area contributed by atoms with Crippen LogP contribution in [0.25, 0.3) is 0 Å². The fraction of sp³-hybridized carbons (Fsp3) is 0.154. The average Bonchev–Trinajstić information content (AvgIpc) is 2.35. The molecule has 84 valence electrons. The summed E-state index contributed by atoms with van der Waals surface area (Å²) in [4.78, 5) is 7.91. The lowest BCUT2D eigenvalue weighted by molar-refractivity contribution is 0.454. The Bertz CT molecular complexity index is 587. The van der Waals surface area contributed by atoms with E-state index in [4.69, 9.17) is 10.00 Å². The minimum atomic E-state index is 0.188. The molecule has 2 aromatic rings. The second-order valence-electron chi connectivity index (χ2n) is 3.62. The van der Waals surface area contributed by atoms with Crippen molar-refractivity contribution in [3.8, 4) is 17.7 Å². The Balaban J connectivity index is 2.39. The van der Waals surface area contributed by atoms with Crippen molar-refractivity contribution in [2.75, 3.05) is 0 Å². The second kappa shape index (κ2) is 4.62. The van der Waals surface area contributed by atoms with Crippen LogP contribution in [0, 0.1) is 25.2 Å². The molecule has 0 aliphatic heterocycles. The minimum Gasteiger partial charge on any atom is -0.436 e. The molecule has 0 aliphatic rings. The summed E-state index contributed by atoms with van der Waals surface area (Å²) >= 11 is 0. The summed E-state index contributed by atoms with van der Waals surface area (Å²) in [5.41, 5.74) is 2.35. The molecule has 1 heterocycles. The Labute approximate surface area is 99.5 Å². The molecule has 0 atom stereocenters. The van der Waals surface area contributed by atoms with Crippen molar-refractivity contribution in [3.05, 3.63) is 47.4 Å². The third kappa shape index (κ3) is 2.23. The number of nitrogens with zero attached hydrogens (tertiary/aromatic N) is 3. The van der Waals surface area contributed by atoms with Crippen LogP contribution in [0.3, 0.4) is 0 Å². The van der Waals surface area contributed by atoms with Gasteiger partial charge in [0.2, 0.25) is 5.69 Å². The monoisotopic (exact) mass is 225 g/mol. The molecule has 0 unspecified atom stereocenters. The first kappa shape index (κ1) is 11.1. The third-order valence-electron chi connectivity index (χ3n) is 2.53. The highest BCUT2D eigenvalue weighted by molar-refractivity contribution is 5.42. The van der Waals surface area contributed by atoms with Crippen LogP contribution in [0.5, 0.6) is 11.6 Å². The molecule has 0 bridgehead atoms. The van der Waals surface area contributed by atoms with Gasteiger partial charge in [-0.05, 0) is 31.0 Å². The molecule has 0 saturated carbocycles. The molecule has 17 heavy (non-hydrogen) atoms. The normalized spacial score (nSPS) is 9.71. The van der Waals surface area contributed by atoms with E-state index in [-0.39, 0.29) is 11.6 Å². The molecule has 1 aromatic carbocycles. The van der Waals surface area contributed by atoms with Gasteiger partial charge >= 0.3 is 0 Å². The van der Waals surface area contributed by atoms with E-state index in [0.29, 0.717) is 5.75 Å². The third-order valence-corrected chi connectivity index (χ3v) is 2.53. The topological polar surface area (TPSA) is 58.8 Å². The lowest BCUT2D eigenvalue weighted by Crippen LogP contribution is -1.96. The molecule has 0 radical (unpaired) electrons. The second-order valence-corrected chi connectivity index (χ2v) is 3.62. The summed E-state index contributed by atoms with van der Waals surface area (Å²) in [6, 6.07) is 7.70. The Morgan fingerprint density at radius 1 is 1.18 bits per heavy atom. The molecule has 0 N–H and O–H groups in total. The molecule has 0 saturated heterocycles. The minimum absolute atomic E-state index is 0.188. The number of hydrogen-bond donors (Lipinski definition) is 0. The van der Waals surface area contributed by atoms with Gasteiger partial charge in [0, 0.05) is 12.4 Å². The first-order chi connectivity index (χ1) is 8.22. The number of benzene rings is 1. The van der Waals surface area contributed by atoms with Crippen molar-refractivity contribution in [2.24, 2.45) is 0 Å². The largest absolute Gasteiger partial charge is 0.436 e. The Morgan fingerprint density at radius 2 is 1.94 bits per heavy atom. The summed E-state index contributed by atoms with van der Waals surface area (Å²) in [7, 11) is 0. The van der Waals surface area contributed by atoms with E-state index in [1.165, 1.54) is 12.4 Å². The van der Waals surface area contributed by atoms with Gasteiger partial charge in [-0.15, -0.1) is 0 Å². The molecule has 4 nitrogen and oxygen atoms in total. The van der Waals surface area contributed by atoms with Crippen molar-refractivity contribution in [3.63, 3.8) is 0 Å². The zero-order valence-electron chi connectivity index (χ0n) is 9.64. The van der Waals surface area contributed by atoms with Crippen molar-refractivity contribution < 1.29 is 4.74 Å². The predicted octanol–water partition coefficient (Wildman–Crippen LogP) is 2.76. The van der Waals surface area contributed by atoms with E-state index in [1.54, 1.807) is 0 Å². The van der Waals surface area contributed by atoms with E-state index >= 15 is 0 Å². The first-order valence-corrected chi connectivity index (χ1v) is 5.17. The van der Waals surface area contributed by atoms with E-state index in [0.717, 1.165) is 11.1 Å². The maximum Gasteiger partial charge on any atom is 0.256 e. The zero-order chi connectivity index (χ0) is 12.3. The van der Waals surface area contributed by atoms with Crippen molar-refractivity contribution >= 4 is 0 Å². The van der Waals surface area contributed by atoms with E-state index in [1.807, 2.05) is 38.1 Å². The van der Waals surface area contributed by atoms with Gasteiger partial charge in [-0.1, -0.05) is 12.1 Å². The molecule has 0 amide bonds. The number of hydrogen-bond acceptors (Lipinski definition) is 4. The lowest BCUT2D eigenvalue weighted by atomic mass is 10.1. The molecular weight excluding hydrogens is 214 g/mol. The van der Waals surface area contributed by atoms with Crippen LogP contribution in [0.15, 0.2) is 30.6 Å². The molecule has 1 aromatic heterocycles. The van der Waals surface area contributed by atoms with Gasteiger partial charge < -0.3 is 4.74 Å². The van der Waals surface area contributed by atoms with Crippen LogP contribution in [-0.4, -0.2) is 9.97 Å². The summed E-state index contributed by atoms with van der Waals surface area (Å²) in [6.07, 6.45) is 2.97. The number of nitriles is 1. The standard InChI is InChI=1S/C13H11N3O/c1-9-4-3-5-12(10(9)2)17-13-11(8-14)15-6-7-16-13/h3-7H,1-2H3. The van der Waals surface area contributed by atoms with Crippen molar-refractivity contribution in [1.82, 2.24) is 9.97 Å². The average molecular weight is 225 g/mol. The van der Waals surface area contributed by atoms with Gasteiger partial charge in [0.1, 0.15) is 11.8 Å². The zero-order valence-corrected chi connectivity index (χ0v) is 9.64. The molecule has 2 rings (SSSR count). The highest BCUT2D eigenvalue weighted by Gasteiger charge is 2.09. The van der Waals surface area contributed by atoms with Crippen LogP contribution in [0.2, 0.25) is 0 Å². The van der Waals surface area contributed by atoms with Crippen LogP contribution in [-0.2, 0) is 0 Å². The Morgan fingerprint density at radius 3 is 2.71 bits per heavy atom. The quantitative estimate of drug-likeness (QED) is 0.788. The molecular formula is C13H11N3O. The van der Waals surface area contributed by atoms with Gasteiger partial charge in [-0.2, -0.15) is 5.26 Å². The van der Waals surface area contributed by atoms with Crippen molar-refractivity contribution in [1.29, 1.82) is 5.26 Å². The van der Waals surface area contributed by atoms with Crippen LogP contribution in [0.4, 0.5) is 0 Å². The highest BCUT2D eigenvalue weighted by Crippen LogP contribution is 2.26. The van der Waals surface area contributed by atoms with Gasteiger partial charge in [0.15, 0.2) is 0 Å². The molecule has 0 fully saturated rings. The Kier molecular flexibility index (Phi) is 3.01. The SMILES string of the molecule is Cc1cccc(Oc2nccnc2C#N)c1C. The van der Waals surface area contributed by atoms with E-state index < -0.39 is 0 Å². The van der Waals surface area contributed by atoms with Crippen LogP contribution >= 0.6 is 0 Å². The van der Waals surface area contributed by atoms with Gasteiger partial charge in [0.25, 0.3) is 5.88 Å².